The average molecular weight is 343 g/mol. The lowest BCUT2D eigenvalue weighted by Gasteiger charge is -2.26. The van der Waals surface area contributed by atoms with Gasteiger partial charge in [-0.25, -0.2) is 0 Å². The minimum atomic E-state index is -1.63. The van der Waals surface area contributed by atoms with Crippen LogP contribution in [-0.4, -0.2) is 22.1 Å². The van der Waals surface area contributed by atoms with E-state index in [-0.39, 0.29) is 17.0 Å². The van der Waals surface area contributed by atoms with E-state index in [9.17, 15) is 20.0 Å². The highest BCUT2D eigenvalue weighted by Crippen LogP contribution is 2.33. The highest BCUT2D eigenvalue weighted by atomic mass is 32.2. The molecule has 0 spiro atoms. The van der Waals surface area contributed by atoms with Crippen molar-refractivity contribution in [3.8, 4) is 0 Å². The van der Waals surface area contributed by atoms with E-state index in [4.69, 9.17) is 0 Å². The second-order valence-electron chi connectivity index (χ2n) is 5.38. The second-order valence-corrected chi connectivity index (χ2v) is 6.23. The number of nitrogens with zero attached hydrogens (tertiary/aromatic N) is 1. The number of hydrogen-bond acceptors (Lipinski definition) is 5. The van der Waals surface area contributed by atoms with Crippen LogP contribution < -0.4 is 0 Å². The Hall–Kier alpha value is -2.44. The zero-order chi connectivity index (χ0) is 17.9. The van der Waals surface area contributed by atoms with Crippen molar-refractivity contribution in [3.63, 3.8) is 0 Å². The van der Waals surface area contributed by atoms with Crippen molar-refractivity contribution in [2.24, 2.45) is 0 Å². The summed E-state index contributed by atoms with van der Waals surface area (Å²) in [5.41, 5.74) is -0.861. The van der Waals surface area contributed by atoms with Gasteiger partial charge in [0, 0.05) is 28.2 Å². The Kier molecular flexibility index (Phi) is 5.21. The molecule has 1 atom stereocenters. The zero-order valence-corrected chi connectivity index (χ0v) is 14.2. The maximum absolute atomic E-state index is 12.7. The molecule has 6 heteroatoms. The van der Waals surface area contributed by atoms with Crippen LogP contribution in [0.4, 0.5) is 5.69 Å². The number of carbonyl (C=O) groups is 1. The lowest BCUT2D eigenvalue weighted by Crippen LogP contribution is -2.28. The second kappa shape index (κ2) is 6.98. The summed E-state index contributed by atoms with van der Waals surface area (Å²) in [7, 11) is 0. The number of benzene rings is 2. The predicted octanol–water partition coefficient (Wildman–Crippen LogP) is 3.96. The molecule has 124 valence electrons. The zero-order valence-electron chi connectivity index (χ0n) is 13.4. The molecule has 0 aromatic heterocycles. The van der Waals surface area contributed by atoms with Gasteiger partial charge in [0.05, 0.1) is 4.92 Å². The van der Waals surface area contributed by atoms with Crippen molar-refractivity contribution in [2.75, 3.05) is 6.26 Å². The van der Waals surface area contributed by atoms with Crippen LogP contribution in [0.5, 0.6) is 0 Å². The summed E-state index contributed by atoms with van der Waals surface area (Å²) in [6, 6.07) is 12.5. The molecule has 0 aliphatic carbocycles. The third-order valence-electron chi connectivity index (χ3n) is 3.85. The monoisotopic (exact) mass is 343 g/mol. The van der Waals surface area contributed by atoms with Gasteiger partial charge in [0.1, 0.15) is 5.60 Å². The number of ketones is 1. The summed E-state index contributed by atoms with van der Waals surface area (Å²) in [4.78, 5) is 23.7. The lowest BCUT2D eigenvalue weighted by molar-refractivity contribution is -0.384. The van der Waals surface area contributed by atoms with Crippen LogP contribution >= 0.6 is 11.8 Å². The van der Waals surface area contributed by atoms with E-state index in [0.717, 1.165) is 4.90 Å². The van der Waals surface area contributed by atoms with Crippen LogP contribution in [0.15, 0.2) is 65.6 Å². The molecule has 0 amide bonds. The average Bonchev–Trinajstić information content (AvgIpc) is 2.60. The van der Waals surface area contributed by atoms with Crippen LogP contribution in [0.25, 0.3) is 0 Å². The fraction of sp³-hybridized carbons (Fsp3) is 0.167. The van der Waals surface area contributed by atoms with Gasteiger partial charge in [-0.3, -0.25) is 14.9 Å². The number of non-ortho nitro benzene ring substituents is 1. The first-order valence-electron chi connectivity index (χ1n) is 7.13. The third-order valence-corrected chi connectivity index (χ3v) is 4.65. The van der Waals surface area contributed by atoms with Gasteiger partial charge in [-0.1, -0.05) is 18.7 Å². The van der Waals surface area contributed by atoms with E-state index in [1.54, 1.807) is 12.1 Å². The number of carbonyl (C=O) groups excluding carboxylic acids is 1. The molecule has 1 N–H and O–H groups in total. The van der Waals surface area contributed by atoms with Crippen molar-refractivity contribution >= 4 is 23.2 Å². The Morgan fingerprint density at radius 1 is 1.21 bits per heavy atom. The van der Waals surface area contributed by atoms with Crippen molar-refractivity contribution in [1.29, 1.82) is 0 Å². The van der Waals surface area contributed by atoms with Crippen molar-refractivity contribution in [2.45, 2.75) is 17.4 Å². The fourth-order valence-electron chi connectivity index (χ4n) is 2.30. The Balaban J connectivity index is 2.36. The van der Waals surface area contributed by atoms with E-state index >= 15 is 0 Å². The van der Waals surface area contributed by atoms with Crippen LogP contribution in [0.1, 0.15) is 22.8 Å². The van der Waals surface area contributed by atoms with Crippen LogP contribution in [0, 0.1) is 10.1 Å². The Morgan fingerprint density at radius 3 is 2.33 bits per heavy atom. The van der Waals surface area contributed by atoms with E-state index < -0.39 is 10.5 Å². The molecule has 2 aromatic rings. The highest BCUT2D eigenvalue weighted by molar-refractivity contribution is 7.98. The van der Waals surface area contributed by atoms with Gasteiger partial charge in [-0.15, -0.1) is 11.8 Å². The van der Waals surface area contributed by atoms with Crippen LogP contribution in [0.3, 0.4) is 0 Å². The van der Waals surface area contributed by atoms with Crippen molar-refractivity contribution in [3.05, 3.63) is 81.9 Å². The SMILES string of the molecule is C=C(C(=O)c1ccccc1SC)C(C)(O)c1ccc([N+](=O)[O-])cc1. The molecule has 0 aliphatic heterocycles. The summed E-state index contributed by atoms with van der Waals surface area (Å²) in [6.07, 6.45) is 1.86. The smallest absolute Gasteiger partial charge is 0.269 e. The fourth-order valence-corrected chi connectivity index (χ4v) is 2.89. The molecule has 0 fully saturated rings. The maximum atomic E-state index is 12.7. The topological polar surface area (TPSA) is 80.4 Å². The summed E-state index contributed by atoms with van der Waals surface area (Å²) < 4.78 is 0. The summed E-state index contributed by atoms with van der Waals surface area (Å²) >= 11 is 1.43. The van der Waals surface area contributed by atoms with Gasteiger partial charge in [0.2, 0.25) is 0 Å². The number of nitro groups is 1. The van der Waals surface area contributed by atoms with E-state index in [0.29, 0.717) is 11.1 Å². The quantitative estimate of drug-likeness (QED) is 0.282. The van der Waals surface area contributed by atoms with Gasteiger partial charge < -0.3 is 5.11 Å². The maximum Gasteiger partial charge on any atom is 0.269 e. The van der Waals surface area contributed by atoms with Crippen molar-refractivity contribution < 1.29 is 14.8 Å². The normalized spacial score (nSPS) is 13.1. The molecular formula is C18H17NO4S. The van der Waals surface area contributed by atoms with Gasteiger partial charge in [0.25, 0.3) is 5.69 Å². The van der Waals surface area contributed by atoms with E-state index in [2.05, 4.69) is 6.58 Å². The molecule has 24 heavy (non-hydrogen) atoms. The summed E-state index contributed by atoms with van der Waals surface area (Å²) in [5.74, 6) is -0.358. The molecule has 0 saturated carbocycles. The number of nitro benzene ring substituents is 1. The standard InChI is InChI=1S/C18H17NO4S/c1-12(17(20)15-6-4-5-7-16(15)24-3)18(2,21)13-8-10-14(11-9-13)19(22)23/h4-11,21H,1H2,2-3H3. The third kappa shape index (κ3) is 3.39. The Morgan fingerprint density at radius 2 is 1.79 bits per heavy atom. The van der Waals surface area contributed by atoms with Gasteiger partial charge in [-0.05, 0) is 43.0 Å². The molecule has 2 rings (SSSR count). The minimum Gasteiger partial charge on any atom is -0.381 e. The molecule has 0 bridgehead atoms. The molecular weight excluding hydrogens is 326 g/mol. The van der Waals surface area contributed by atoms with Gasteiger partial charge >= 0.3 is 0 Å². The summed E-state index contributed by atoms with van der Waals surface area (Å²) in [5, 5.41) is 21.5. The summed E-state index contributed by atoms with van der Waals surface area (Å²) in [6.45, 7) is 5.22. The Bertz CT molecular complexity index is 797. The highest BCUT2D eigenvalue weighted by Gasteiger charge is 2.32. The Labute approximate surface area is 144 Å². The largest absolute Gasteiger partial charge is 0.381 e. The molecule has 0 aliphatic rings. The molecule has 0 radical (unpaired) electrons. The molecule has 0 heterocycles. The predicted molar refractivity (Wildman–Crippen MR) is 94.4 cm³/mol. The molecule has 0 saturated heterocycles. The molecule has 5 nitrogen and oxygen atoms in total. The van der Waals surface area contributed by atoms with Crippen molar-refractivity contribution in [1.82, 2.24) is 0 Å². The number of Topliss-reactive ketones (excluding diaryl/α,β-unsaturated/α-hetero) is 1. The first kappa shape index (κ1) is 17.9. The van der Waals surface area contributed by atoms with E-state index in [1.165, 1.54) is 43.0 Å². The molecule has 2 aromatic carbocycles. The van der Waals surface area contributed by atoms with Gasteiger partial charge in [-0.2, -0.15) is 0 Å². The number of aliphatic hydroxyl groups is 1. The van der Waals surface area contributed by atoms with Crippen LogP contribution in [-0.2, 0) is 5.60 Å². The molecule has 1 unspecified atom stereocenters. The van der Waals surface area contributed by atoms with Crippen LogP contribution in [0.2, 0.25) is 0 Å². The first-order chi connectivity index (χ1) is 11.3. The number of rotatable bonds is 6. The lowest BCUT2D eigenvalue weighted by atomic mass is 9.84. The minimum absolute atomic E-state index is 0.0119. The number of thioether (sulfide) groups is 1. The van der Waals surface area contributed by atoms with Gasteiger partial charge in [0.15, 0.2) is 5.78 Å². The number of hydrogen-bond donors (Lipinski definition) is 1. The van der Waals surface area contributed by atoms with E-state index in [1.807, 2.05) is 18.4 Å². The first-order valence-corrected chi connectivity index (χ1v) is 8.36.